The second-order valence-electron chi connectivity index (χ2n) is 7.05. The van der Waals surface area contributed by atoms with Crippen LogP contribution in [0.4, 0.5) is 0 Å². The number of hydrogen-bond donors (Lipinski definition) is 1. The van der Waals surface area contributed by atoms with Gasteiger partial charge in [0.05, 0.1) is 46.5 Å². The van der Waals surface area contributed by atoms with Gasteiger partial charge in [0, 0.05) is 43.6 Å². The largest absolute Gasteiger partial charge is 0.493 e. The van der Waals surface area contributed by atoms with Gasteiger partial charge < -0.3 is 33.6 Å². The molecule has 0 bridgehead atoms. The van der Waals surface area contributed by atoms with E-state index in [1.807, 2.05) is 17.2 Å². The maximum atomic E-state index is 12.9. The predicted molar refractivity (Wildman–Crippen MR) is 102 cm³/mol. The number of H-pyrrole nitrogens is 1. The van der Waals surface area contributed by atoms with E-state index >= 15 is 0 Å². The third-order valence-electron chi connectivity index (χ3n) is 5.59. The van der Waals surface area contributed by atoms with Crippen LogP contribution in [0.15, 0.2) is 12.3 Å². The molecule has 0 aliphatic carbocycles. The van der Waals surface area contributed by atoms with Crippen molar-refractivity contribution >= 4 is 16.8 Å². The highest BCUT2D eigenvalue weighted by molar-refractivity contribution is 5.96. The second kappa shape index (κ2) is 7.52. The highest BCUT2D eigenvalue weighted by atomic mass is 16.7. The number of methoxy groups -OCH3 is 3. The number of carbonyl (C=O) groups is 1. The van der Waals surface area contributed by atoms with E-state index < -0.39 is 5.79 Å². The summed E-state index contributed by atoms with van der Waals surface area (Å²) in [4.78, 5) is 18.0. The van der Waals surface area contributed by atoms with Gasteiger partial charge in [-0.1, -0.05) is 0 Å². The normalized spacial score (nSPS) is 18.6. The van der Waals surface area contributed by atoms with Crippen molar-refractivity contribution in [1.29, 1.82) is 0 Å². The minimum atomic E-state index is -0.481. The van der Waals surface area contributed by atoms with Crippen molar-refractivity contribution in [1.82, 2.24) is 9.88 Å². The quantitative estimate of drug-likeness (QED) is 0.842. The molecule has 2 aromatic rings. The Bertz CT molecular complexity index is 861. The van der Waals surface area contributed by atoms with Gasteiger partial charge in [0.1, 0.15) is 0 Å². The third-order valence-corrected chi connectivity index (χ3v) is 5.59. The van der Waals surface area contributed by atoms with E-state index in [0.717, 1.165) is 16.5 Å². The fraction of sp³-hybridized carbons (Fsp3) is 0.550. The number of hydrogen-bond acceptors (Lipinski definition) is 6. The summed E-state index contributed by atoms with van der Waals surface area (Å²) in [6.07, 6.45) is 3.54. The van der Waals surface area contributed by atoms with Crippen molar-refractivity contribution in [2.45, 2.75) is 25.0 Å². The molecular formula is C20H26N2O6. The molecular weight excluding hydrogens is 364 g/mol. The number of fused-ring (bicyclic) bond motifs is 1. The Kier molecular flexibility index (Phi) is 5.07. The standard InChI is InChI=1S/C20H26N2O6/c1-24-15-11-14-17(19(26-3)18(15)25-2)13(12-21-14)10-16(23)22-6-4-20(5-7-22)27-8-9-28-20/h11-12,21H,4-10H2,1-3H3. The van der Waals surface area contributed by atoms with E-state index in [2.05, 4.69) is 4.98 Å². The number of benzene rings is 1. The molecule has 8 heteroatoms. The average Bonchev–Trinajstić information content (AvgIpc) is 3.34. The molecule has 1 aromatic heterocycles. The van der Waals surface area contributed by atoms with E-state index in [1.54, 1.807) is 21.3 Å². The minimum absolute atomic E-state index is 0.0746. The smallest absolute Gasteiger partial charge is 0.227 e. The van der Waals surface area contributed by atoms with Gasteiger partial charge >= 0.3 is 0 Å². The number of aromatic amines is 1. The molecule has 1 N–H and O–H groups in total. The van der Waals surface area contributed by atoms with Crippen LogP contribution in [0.2, 0.25) is 0 Å². The molecule has 0 atom stereocenters. The number of likely N-dealkylation sites (tertiary alicyclic amines) is 1. The first-order valence-corrected chi connectivity index (χ1v) is 9.45. The van der Waals surface area contributed by atoms with Gasteiger partial charge in [-0.3, -0.25) is 4.79 Å². The van der Waals surface area contributed by atoms with E-state index in [0.29, 0.717) is 56.4 Å². The lowest BCUT2D eigenvalue weighted by Gasteiger charge is -2.37. The highest BCUT2D eigenvalue weighted by Gasteiger charge is 2.40. The summed E-state index contributed by atoms with van der Waals surface area (Å²) in [7, 11) is 4.73. The summed E-state index contributed by atoms with van der Waals surface area (Å²) in [6.45, 7) is 2.54. The number of carbonyl (C=O) groups excluding carboxylic acids is 1. The fourth-order valence-electron chi connectivity index (χ4n) is 4.12. The number of rotatable bonds is 5. The first-order chi connectivity index (χ1) is 13.6. The zero-order valence-corrected chi connectivity index (χ0v) is 16.5. The third kappa shape index (κ3) is 3.16. The van der Waals surface area contributed by atoms with Gasteiger partial charge in [0.15, 0.2) is 17.3 Å². The lowest BCUT2D eigenvalue weighted by Crippen LogP contribution is -2.47. The summed E-state index contributed by atoms with van der Waals surface area (Å²) >= 11 is 0. The first-order valence-electron chi connectivity index (χ1n) is 9.45. The van der Waals surface area contributed by atoms with Gasteiger partial charge in [0.2, 0.25) is 11.7 Å². The molecule has 3 heterocycles. The number of nitrogens with one attached hydrogen (secondary N) is 1. The molecule has 0 radical (unpaired) electrons. The molecule has 1 aromatic carbocycles. The van der Waals surface area contributed by atoms with Crippen LogP contribution in [-0.4, -0.2) is 69.2 Å². The highest BCUT2D eigenvalue weighted by Crippen LogP contribution is 2.44. The molecule has 152 valence electrons. The Hall–Kier alpha value is -2.45. The van der Waals surface area contributed by atoms with Crippen molar-refractivity contribution in [3.05, 3.63) is 17.8 Å². The van der Waals surface area contributed by atoms with E-state index in [9.17, 15) is 4.79 Å². The van der Waals surface area contributed by atoms with E-state index in [4.69, 9.17) is 23.7 Å². The van der Waals surface area contributed by atoms with E-state index in [-0.39, 0.29) is 12.3 Å². The zero-order valence-electron chi connectivity index (χ0n) is 16.5. The van der Waals surface area contributed by atoms with Gasteiger partial charge in [-0.05, 0) is 5.56 Å². The number of nitrogens with zero attached hydrogens (tertiary/aromatic N) is 1. The second-order valence-corrected chi connectivity index (χ2v) is 7.05. The molecule has 0 unspecified atom stereocenters. The first kappa shape index (κ1) is 18.9. The van der Waals surface area contributed by atoms with Crippen molar-refractivity contribution in [2.75, 3.05) is 47.6 Å². The Labute approximate surface area is 163 Å². The molecule has 8 nitrogen and oxygen atoms in total. The maximum absolute atomic E-state index is 12.9. The lowest BCUT2D eigenvalue weighted by atomic mass is 10.0. The summed E-state index contributed by atoms with van der Waals surface area (Å²) in [6, 6.07) is 1.85. The molecule has 4 rings (SSSR count). The van der Waals surface area contributed by atoms with Gasteiger partial charge in [-0.2, -0.15) is 0 Å². The van der Waals surface area contributed by atoms with Crippen LogP contribution in [0.25, 0.3) is 10.9 Å². The molecule has 28 heavy (non-hydrogen) atoms. The molecule has 2 aliphatic heterocycles. The molecule has 1 spiro atoms. The average molecular weight is 390 g/mol. The van der Waals surface area contributed by atoms with Gasteiger partial charge in [-0.25, -0.2) is 0 Å². The number of ether oxygens (including phenoxy) is 5. The summed E-state index contributed by atoms with van der Waals surface area (Å²) in [5, 5.41) is 0.837. The van der Waals surface area contributed by atoms with E-state index in [1.165, 1.54) is 0 Å². The van der Waals surface area contributed by atoms with Crippen molar-refractivity contribution in [2.24, 2.45) is 0 Å². The van der Waals surface area contributed by atoms with Gasteiger partial charge in [0.25, 0.3) is 0 Å². The Morgan fingerprint density at radius 1 is 1.11 bits per heavy atom. The van der Waals surface area contributed by atoms with Crippen LogP contribution in [0.3, 0.4) is 0 Å². The topological polar surface area (TPSA) is 82.3 Å². The Morgan fingerprint density at radius 3 is 2.39 bits per heavy atom. The van der Waals surface area contributed by atoms with Crippen LogP contribution in [0.5, 0.6) is 17.2 Å². The molecule has 0 saturated carbocycles. The zero-order chi connectivity index (χ0) is 19.7. The minimum Gasteiger partial charge on any atom is -0.493 e. The fourth-order valence-corrected chi connectivity index (χ4v) is 4.12. The number of aromatic nitrogens is 1. The molecule has 2 aliphatic rings. The van der Waals surface area contributed by atoms with Crippen molar-refractivity contribution in [3.63, 3.8) is 0 Å². The molecule has 2 saturated heterocycles. The van der Waals surface area contributed by atoms with Crippen LogP contribution < -0.4 is 14.2 Å². The lowest BCUT2D eigenvalue weighted by molar-refractivity contribution is -0.187. The number of amides is 1. The Balaban J connectivity index is 1.55. The summed E-state index contributed by atoms with van der Waals surface area (Å²) < 4.78 is 28.0. The van der Waals surface area contributed by atoms with Crippen LogP contribution in [-0.2, 0) is 20.7 Å². The number of piperidine rings is 1. The maximum Gasteiger partial charge on any atom is 0.227 e. The van der Waals surface area contributed by atoms with Crippen molar-refractivity contribution < 1.29 is 28.5 Å². The SMILES string of the molecule is COc1cc2[nH]cc(CC(=O)N3CCC4(CC3)OCCO4)c2c(OC)c1OC. The molecule has 1 amide bonds. The predicted octanol–water partition coefficient (Wildman–Crippen LogP) is 2.10. The van der Waals surface area contributed by atoms with Crippen LogP contribution in [0.1, 0.15) is 18.4 Å². The monoisotopic (exact) mass is 390 g/mol. The van der Waals surface area contributed by atoms with Gasteiger partial charge in [-0.15, -0.1) is 0 Å². The summed E-state index contributed by atoms with van der Waals surface area (Å²) in [5.74, 6) is 1.24. The summed E-state index contributed by atoms with van der Waals surface area (Å²) in [5.41, 5.74) is 1.70. The van der Waals surface area contributed by atoms with Crippen LogP contribution >= 0.6 is 0 Å². The Morgan fingerprint density at radius 2 is 1.79 bits per heavy atom. The molecule has 2 fully saturated rings. The van der Waals surface area contributed by atoms with Crippen LogP contribution in [0, 0.1) is 0 Å². The van der Waals surface area contributed by atoms with Crippen molar-refractivity contribution in [3.8, 4) is 17.2 Å².